The molecule has 1 aliphatic heterocycles. The highest BCUT2D eigenvalue weighted by molar-refractivity contribution is 6.31. The van der Waals surface area contributed by atoms with Crippen molar-refractivity contribution in [1.29, 1.82) is 0 Å². The molecule has 16 heavy (non-hydrogen) atoms. The largest absolute Gasteiger partial charge is 0.491 e. The van der Waals surface area contributed by atoms with Gasteiger partial charge in [0.1, 0.15) is 18.2 Å². The van der Waals surface area contributed by atoms with Crippen LogP contribution in [0.1, 0.15) is 5.56 Å². The maximum atomic E-state index is 11.5. The minimum absolute atomic E-state index is 0.0141. The van der Waals surface area contributed by atoms with Gasteiger partial charge in [-0.05, 0) is 12.1 Å². The maximum absolute atomic E-state index is 11.5. The van der Waals surface area contributed by atoms with Crippen molar-refractivity contribution in [2.75, 3.05) is 19.0 Å². The van der Waals surface area contributed by atoms with Gasteiger partial charge in [0.25, 0.3) is 0 Å². The minimum Gasteiger partial charge on any atom is -0.491 e. The van der Waals surface area contributed by atoms with Gasteiger partial charge in [0.15, 0.2) is 0 Å². The summed E-state index contributed by atoms with van der Waals surface area (Å²) in [5, 5.41) is 0.617. The molecule has 0 aromatic heterocycles. The lowest BCUT2D eigenvalue weighted by Gasteiger charge is -2.18. The van der Waals surface area contributed by atoms with Crippen LogP contribution < -0.4 is 4.74 Å². The standard InChI is InChI=1S/C11H11Cl2NO2/c12-6-11(15)14-4-5-16-10-3-1-2-9(13)8(10)7-14/h1-3H,4-7H2. The lowest BCUT2D eigenvalue weighted by Crippen LogP contribution is -2.33. The molecule has 0 fully saturated rings. The highest BCUT2D eigenvalue weighted by Crippen LogP contribution is 2.29. The summed E-state index contributed by atoms with van der Waals surface area (Å²) < 4.78 is 5.53. The first-order valence-electron chi connectivity index (χ1n) is 4.96. The zero-order valence-corrected chi connectivity index (χ0v) is 10.1. The Morgan fingerprint density at radius 2 is 2.31 bits per heavy atom. The third-order valence-electron chi connectivity index (χ3n) is 2.51. The molecule has 0 aliphatic carbocycles. The Morgan fingerprint density at radius 1 is 1.50 bits per heavy atom. The Bertz CT molecular complexity index is 409. The van der Waals surface area contributed by atoms with E-state index in [4.69, 9.17) is 27.9 Å². The Hall–Kier alpha value is -0.930. The van der Waals surface area contributed by atoms with E-state index in [0.29, 0.717) is 24.7 Å². The molecule has 0 N–H and O–H groups in total. The summed E-state index contributed by atoms with van der Waals surface area (Å²) in [7, 11) is 0. The van der Waals surface area contributed by atoms with E-state index in [-0.39, 0.29) is 11.8 Å². The van der Waals surface area contributed by atoms with Crippen LogP contribution >= 0.6 is 23.2 Å². The van der Waals surface area contributed by atoms with Crippen molar-refractivity contribution in [3.8, 4) is 5.75 Å². The van der Waals surface area contributed by atoms with Crippen LogP contribution in [-0.2, 0) is 11.3 Å². The number of fused-ring (bicyclic) bond motifs is 1. The molecule has 1 aromatic rings. The van der Waals surface area contributed by atoms with Gasteiger partial charge in [-0.15, -0.1) is 11.6 Å². The second kappa shape index (κ2) is 4.93. The second-order valence-electron chi connectivity index (χ2n) is 3.51. The van der Waals surface area contributed by atoms with Gasteiger partial charge in [-0.25, -0.2) is 0 Å². The molecule has 0 saturated heterocycles. The van der Waals surface area contributed by atoms with E-state index in [0.717, 1.165) is 11.3 Å². The Balaban J connectivity index is 2.29. The molecule has 1 amide bonds. The molecule has 1 aliphatic rings. The van der Waals surface area contributed by atoms with Crippen molar-refractivity contribution >= 4 is 29.1 Å². The summed E-state index contributed by atoms with van der Waals surface area (Å²) in [4.78, 5) is 13.2. The fourth-order valence-electron chi connectivity index (χ4n) is 1.66. The predicted octanol–water partition coefficient (Wildman–Crippen LogP) is 2.30. The number of hydrogen-bond acceptors (Lipinski definition) is 2. The molecule has 0 saturated carbocycles. The third kappa shape index (κ3) is 2.25. The molecule has 1 heterocycles. The molecule has 0 bridgehead atoms. The van der Waals surface area contributed by atoms with Crippen LogP contribution in [-0.4, -0.2) is 29.8 Å². The van der Waals surface area contributed by atoms with Crippen LogP contribution in [0.3, 0.4) is 0 Å². The number of benzene rings is 1. The van der Waals surface area contributed by atoms with Crippen molar-refractivity contribution in [3.05, 3.63) is 28.8 Å². The summed E-state index contributed by atoms with van der Waals surface area (Å²) in [5.41, 5.74) is 0.847. The van der Waals surface area contributed by atoms with Crippen LogP contribution in [0.5, 0.6) is 5.75 Å². The van der Waals surface area contributed by atoms with Crippen LogP contribution in [0.2, 0.25) is 5.02 Å². The molecule has 0 radical (unpaired) electrons. The van der Waals surface area contributed by atoms with Crippen LogP contribution in [0.15, 0.2) is 18.2 Å². The maximum Gasteiger partial charge on any atom is 0.237 e. The quantitative estimate of drug-likeness (QED) is 0.725. The van der Waals surface area contributed by atoms with Crippen molar-refractivity contribution in [1.82, 2.24) is 4.90 Å². The first-order valence-corrected chi connectivity index (χ1v) is 5.87. The van der Waals surface area contributed by atoms with Gasteiger partial charge in [-0.2, -0.15) is 0 Å². The van der Waals surface area contributed by atoms with Gasteiger partial charge in [0, 0.05) is 10.6 Å². The van der Waals surface area contributed by atoms with Crippen LogP contribution in [0.25, 0.3) is 0 Å². The van der Waals surface area contributed by atoms with Crippen molar-refractivity contribution in [3.63, 3.8) is 0 Å². The zero-order valence-electron chi connectivity index (χ0n) is 8.58. The van der Waals surface area contributed by atoms with Gasteiger partial charge in [0.05, 0.1) is 13.1 Å². The number of carbonyl (C=O) groups excluding carboxylic acids is 1. The fraction of sp³-hybridized carbons (Fsp3) is 0.364. The summed E-state index contributed by atoms with van der Waals surface area (Å²) >= 11 is 11.6. The highest BCUT2D eigenvalue weighted by atomic mass is 35.5. The van der Waals surface area contributed by atoms with Crippen molar-refractivity contribution in [2.24, 2.45) is 0 Å². The number of rotatable bonds is 1. The van der Waals surface area contributed by atoms with E-state index >= 15 is 0 Å². The number of hydrogen-bond donors (Lipinski definition) is 0. The summed E-state index contributed by atoms with van der Waals surface area (Å²) in [6.45, 7) is 1.47. The summed E-state index contributed by atoms with van der Waals surface area (Å²) in [6, 6.07) is 5.48. The average molecular weight is 260 g/mol. The number of ether oxygens (including phenoxy) is 1. The number of carbonyl (C=O) groups is 1. The van der Waals surface area contributed by atoms with Crippen molar-refractivity contribution in [2.45, 2.75) is 6.54 Å². The normalized spacial score (nSPS) is 15.0. The first kappa shape index (κ1) is 11.6. The fourth-order valence-corrected chi connectivity index (χ4v) is 2.06. The smallest absolute Gasteiger partial charge is 0.237 e. The molecule has 86 valence electrons. The Morgan fingerprint density at radius 3 is 3.06 bits per heavy atom. The number of alkyl halides is 1. The predicted molar refractivity (Wildman–Crippen MR) is 63.1 cm³/mol. The second-order valence-corrected chi connectivity index (χ2v) is 4.19. The molecule has 0 spiro atoms. The van der Waals surface area contributed by atoms with E-state index in [9.17, 15) is 4.79 Å². The van der Waals surface area contributed by atoms with Gasteiger partial charge in [-0.3, -0.25) is 4.79 Å². The summed E-state index contributed by atoms with van der Waals surface area (Å²) in [6.07, 6.45) is 0. The monoisotopic (exact) mass is 259 g/mol. The van der Waals surface area contributed by atoms with E-state index < -0.39 is 0 Å². The molecule has 5 heteroatoms. The van der Waals surface area contributed by atoms with Gasteiger partial charge >= 0.3 is 0 Å². The number of halogens is 2. The van der Waals surface area contributed by atoms with Gasteiger partial charge in [0.2, 0.25) is 5.91 Å². The molecular weight excluding hydrogens is 249 g/mol. The Labute approximate surface area is 104 Å². The zero-order chi connectivity index (χ0) is 11.5. The lowest BCUT2D eigenvalue weighted by molar-refractivity contribution is -0.129. The Kier molecular flexibility index (Phi) is 3.56. The van der Waals surface area contributed by atoms with E-state index in [1.165, 1.54) is 0 Å². The molecule has 0 unspecified atom stereocenters. The molecule has 1 aromatic carbocycles. The summed E-state index contributed by atoms with van der Waals surface area (Å²) in [5.74, 6) is 0.634. The molecule has 0 atom stereocenters. The van der Waals surface area contributed by atoms with E-state index in [1.54, 1.807) is 11.0 Å². The highest BCUT2D eigenvalue weighted by Gasteiger charge is 2.20. The minimum atomic E-state index is -0.0990. The van der Waals surface area contributed by atoms with Gasteiger partial charge < -0.3 is 9.64 Å². The third-order valence-corrected chi connectivity index (χ3v) is 3.09. The number of nitrogens with zero attached hydrogens (tertiary/aromatic N) is 1. The van der Waals surface area contributed by atoms with Crippen molar-refractivity contribution < 1.29 is 9.53 Å². The van der Waals surface area contributed by atoms with E-state index in [2.05, 4.69) is 0 Å². The van der Waals surface area contributed by atoms with Crippen LogP contribution in [0.4, 0.5) is 0 Å². The molecule has 2 rings (SSSR count). The topological polar surface area (TPSA) is 29.5 Å². The number of amides is 1. The van der Waals surface area contributed by atoms with Gasteiger partial charge in [-0.1, -0.05) is 17.7 Å². The first-order chi connectivity index (χ1) is 7.72. The van der Waals surface area contributed by atoms with E-state index in [1.807, 2.05) is 12.1 Å². The SMILES string of the molecule is O=C(CCl)N1CCOc2cccc(Cl)c2C1. The average Bonchev–Trinajstić information content (AvgIpc) is 2.51. The molecule has 3 nitrogen and oxygen atoms in total. The van der Waals surface area contributed by atoms with Crippen LogP contribution in [0, 0.1) is 0 Å². The lowest BCUT2D eigenvalue weighted by atomic mass is 10.2. The molecular formula is C11H11Cl2NO2.